The van der Waals surface area contributed by atoms with Gasteiger partial charge >= 0.3 is 106 Å². The summed E-state index contributed by atoms with van der Waals surface area (Å²) in [4.78, 5) is 201. The maximum absolute atomic E-state index is 9.14. The first-order valence-corrected chi connectivity index (χ1v) is 41.4. The largest absolute Gasteiger partial charge is 0.665 e. The van der Waals surface area contributed by atoms with Crippen molar-refractivity contribution in [3.63, 3.8) is 0 Å². The third-order valence-corrected chi connectivity index (χ3v) is 20.9. The zero-order valence-electron chi connectivity index (χ0n) is 31.2. The monoisotopic (exact) mass is 1020 g/mol. The van der Waals surface area contributed by atoms with Gasteiger partial charge in [-0.2, -0.15) is 0 Å². The van der Waals surface area contributed by atoms with Crippen molar-refractivity contribution in [2.45, 2.75) is 78.6 Å². The van der Waals surface area contributed by atoms with Crippen LogP contribution >= 0.6 is 0 Å². The second kappa shape index (κ2) is 24.6. The maximum Gasteiger partial charge on any atom is 0.665 e. The lowest BCUT2D eigenvalue weighted by Crippen LogP contribution is -2.53. The van der Waals surface area contributed by atoms with Crippen LogP contribution in [0.2, 0.25) is 78.6 Å². The molecule has 0 bridgehead atoms. The minimum absolute atomic E-state index is 0.872. The lowest BCUT2D eigenvalue weighted by atomic mass is 11.9. The minimum Gasteiger partial charge on any atom is -0.415 e. The summed E-state index contributed by atoms with van der Waals surface area (Å²) in [6.07, 6.45) is 0. The predicted molar refractivity (Wildman–Crippen MR) is 199 cm³/mol. The fraction of sp³-hybridized carbons (Fsp3) is 1.00. The Morgan fingerprint density at radius 3 is 0.352 bits per heavy atom. The van der Waals surface area contributed by atoms with Crippen LogP contribution in [0.3, 0.4) is 0 Å². The van der Waals surface area contributed by atoms with Crippen LogP contribution in [0.25, 0.3) is 0 Å². The standard InChI is InChI=1S/C4H14O3Si2.C3H12O4Si2.2C2H10O5Si2.CH8O6Si2.H6O7Si2/c1-8(2,5)7-9(3,4)6;1-8(2,4)7-9(3,5)6;1-8(3,4)7-9(2,5)6;3*1-8(2,3)7-9(4,5)6/h5-6H,1-4H3;4-6H,1-3H3;2*3-6H,1-2H3;2-6H,1H3;1-6H. The summed E-state index contributed by atoms with van der Waals surface area (Å²) in [5.41, 5.74) is 0. The highest BCUT2D eigenvalue weighted by Crippen LogP contribution is 2.08. The summed E-state index contributed by atoms with van der Waals surface area (Å²) < 4.78 is 24.8. The van der Waals surface area contributed by atoms with Crippen molar-refractivity contribution in [3.8, 4) is 0 Å². The van der Waals surface area contributed by atoms with E-state index in [2.05, 4.69) is 20.6 Å². The quantitative estimate of drug-likeness (QED) is 0.0807. The molecule has 0 heterocycles. The smallest absolute Gasteiger partial charge is 0.415 e. The zero-order chi connectivity index (χ0) is 46.2. The molecule has 30 nitrogen and oxygen atoms in total. The third-order valence-electron chi connectivity index (χ3n) is 2.32. The van der Waals surface area contributed by atoms with Crippen LogP contribution in [0.1, 0.15) is 0 Å². The Balaban J connectivity index is -0.000000128. The molecule has 0 aromatic heterocycles. The molecule has 0 amide bonds. The summed E-state index contributed by atoms with van der Waals surface area (Å²) in [6.45, 7) is 16.3. The van der Waals surface area contributed by atoms with Gasteiger partial charge in [-0.25, -0.2) is 0 Å². The summed E-state index contributed by atoms with van der Waals surface area (Å²) in [7, 11) is -44.8. The van der Waals surface area contributed by atoms with E-state index in [1.54, 1.807) is 26.2 Å². The highest BCUT2D eigenvalue weighted by Gasteiger charge is 2.46. The average Bonchev–Trinajstić information content (AvgIpc) is 2.50. The molecule has 0 saturated heterocycles. The second-order valence-corrected chi connectivity index (χ2v) is 41.0. The van der Waals surface area contributed by atoms with Crippen molar-refractivity contribution < 1.29 is 140 Å². The Morgan fingerprint density at radius 2 is 0.352 bits per heavy atom. The Morgan fingerprint density at radius 1 is 0.185 bits per heavy atom. The van der Waals surface area contributed by atoms with Crippen molar-refractivity contribution >= 4 is 106 Å². The highest BCUT2D eigenvalue weighted by atomic mass is 28.5. The van der Waals surface area contributed by atoms with Crippen LogP contribution in [0.4, 0.5) is 0 Å². The number of hydrogen-bond donors (Lipinski definition) is 24. The Bertz CT molecular complexity index is 670. The normalized spacial score (nSPS) is 14.0. The second-order valence-electron chi connectivity index (χ2n) is 12.4. The maximum atomic E-state index is 9.14. The average molecular weight is 1020 g/mol. The lowest BCUT2D eigenvalue weighted by Gasteiger charge is -2.23. The van der Waals surface area contributed by atoms with E-state index in [0.717, 1.165) is 19.6 Å². The van der Waals surface area contributed by atoms with Crippen LogP contribution in [0, 0.1) is 0 Å². The van der Waals surface area contributed by atoms with Crippen LogP contribution in [-0.4, -0.2) is 221 Å². The van der Waals surface area contributed by atoms with Gasteiger partial charge in [-0.05, 0) is 52.4 Å². The summed E-state index contributed by atoms with van der Waals surface area (Å²) in [5, 5.41) is 0. The van der Waals surface area contributed by atoms with Gasteiger partial charge in [0, 0.05) is 26.2 Å². The van der Waals surface area contributed by atoms with E-state index < -0.39 is 106 Å². The van der Waals surface area contributed by atoms with Gasteiger partial charge in [-0.3, -0.25) is 0 Å². The van der Waals surface area contributed by atoms with E-state index >= 15 is 0 Å². The topological polar surface area (TPSA) is 541 Å². The van der Waals surface area contributed by atoms with E-state index in [4.69, 9.17) is 119 Å². The van der Waals surface area contributed by atoms with Gasteiger partial charge in [0.25, 0.3) is 0 Å². The van der Waals surface area contributed by atoms with Crippen molar-refractivity contribution in [1.29, 1.82) is 0 Å². The SMILES string of the molecule is C[Si](C)(O)O[Si](C)(C)O.C[Si](C)(O)O[Si](C)(O)O.C[Si](C)(O)O[Si](O)(O)O.C[Si](O)(O)O[Si](C)(O)O.C[Si](O)(O)O[Si](O)(O)O.O[Si](O)(O)O[Si](O)(O)O. The summed E-state index contributed by atoms with van der Waals surface area (Å²) >= 11 is 0. The van der Waals surface area contributed by atoms with Crippen LogP contribution < -0.4 is 0 Å². The van der Waals surface area contributed by atoms with E-state index in [9.17, 15) is 0 Å². The number of rotatable bonds is 12. The molecule has 0 rings (SSSR count). The molecule has 0 aliphatic carbocycles. The van der Waals surface area contributed by atoms with E-state index in [-0.39, 0.29) is 0 Å². The number of hydrogen-bond acceptors (Lipinski definition) is 30. The fourth-order valence-electron chi connectivity index (χ4n) is 2.23. The van der Waals surface area contributed by atoms with E-state index in [1.807, 2.05) is 0 Å². The fourth-order valence-corrected chi connectivity index (χ4v) is 20.1. The van der Waals surface area contributed by atoms with Gasteiger partial charge < -0.3 is 140 Å². The molecular formula is C12H60O30Si12. The summed E-state index contributed by atoms with van der Waals surface area (Å²) in [6, 6.07) is 0. The first-order chi connectivity index (χ1) is 22.2. The predicted octanol–water partition coefficient (Wildman–Crippen LogP) is -11.3. The van der Waals surface area contributed by atoms with Crippen LogP contribution in [0.5, 0.6) is 0 Å². The molecule has 0 fully saturated rings. The molecule has 24 N–H and O–H groups in total. The van der Waals surface area contributed by atoms with Gasteiger partial charge in [0.15, 0.2) is 0 Å². The molecular weight excluding hydrogens is 961 g/mol. The molecule has 0 aromatic rings. The first-order valence-electron chi connectivity index (χ1n) is 13.8. The third kappa shape index (κ3) is 105. The first kappa shape index (κ1) is 67.2. The van der Waals surface area contributed by atoms with E-state index in [1.165, 1.54) is 32.7 Å². The molecule has 0 spiro atoms. The van der Waals surface area contributed by atoms with Crippen molar-refractivity contribution in [2.24, 2.45) is 0 Å². The van der Waals surface area contributed by atoms with Gasteiger partial charge in [-0.1, -0.05) is 0 Å². The van der Waals surface area contributed by atoms with Crippen LogP contribution in [0.15, 0.2) is 0 Å². The van der Waals surface area contributed by atoms with Crippen molar-refractivity contribution in [2.75, 3.05) is 0 Å². The molecule has 54 heavy (non-hydrogen) atoms. The lowest BCUT2D eigenvalue weighted by molar-refractivity contribution is 0.0401. The van der Waals surface area contributed by atoms with E-state index in [0.29, 0.717) is 0 Å². The highest BCUT2D eigenvalue weighted by molar-refractivity contribution is 6.77. The molecule has 0 aromatic carbocycles. The Labute approximate surface area is 323 Å². The Kier molecular flexibility index (Phi) is 30.6. The van der Waals surface area contributed by atoms with Crippen molar-refractivity contribution in [1.82, 2.24) is 0 Å². The van der Waals surface area contributed by atoms with Gasteiger partial charge in [-0.15, -0.1) is 0 Å². The molecule has 0 atom stereocenters. The summed E-state index contributed by atoms with van der Waals surface area (Å²) in [5.74, 6) is 0. The zero-order valence-corrected chi connectivity index (χ0v) is 43.2. The van der Waals surface area contributed by atoms with Crippen LogP contribution in [-0.2, 0) is 24.7 Å². The molecule has 42 heteroatoms. The minimum atomic E-state index is -4.98. The van der Waals surface area contributed by atoms with Gasteiger partial charge in [0.05, 0.1) is 0 Å². The molecule has 0 aliphatic rings. The molecule has 0 saturated carbocycles. The Hall–Kier alpha value is 1.40. The molecule has 0 unspecified atom stereocenters. The van der Waals surface area contributed by atoms with Gasteiger partial charge in [0.2, 0.25) is 0 Å². The molecule has 0 radical (unpaired) electrons. The van der Waals surface area contributed by atoms with Crippen molar-refractivity contribution in [3.05, 3.63) is 0 Å². The molecule has 336 valence electrons. The molecule has 0 aliphatic heterocycles. The van der Waals surface area contributed by atoms with Gasteiger partial charge in [0.1, 0.15) is 0 Å².